The molecule has 25 heavy (non-hydrogen) atoms. The van der Waals surface area contributed by atoms with Crippen molar-refractivity contribution in [1.29, 1.82) is 0 Å². The number of benzene rings is 1. The third kappa shape index (κ3) is 14.3. The van der Waals surface area contributed by atoms with E-state index in [0.29, 0.717) is 5.56 Å². The van der Waals surface area contributed by atoms with E-state index in [1.54, 1.807) is 20.8 Å². The fraction of sp³-hybridized carbons (Fsp3) is 0.467. The predicted molar refractivity (Wildman–Crippen MR) is 88.1 cm³/mol. The van der Waals surface area contributed by atoms with E-state index >= 15 is 0 Å². The van der Waals surface area contributed by atoms with Gasteiger partial charge in [0.1, 0.15) is 11.4 Å². The number of phosphoric acid groups is 1. The van der Waals surface area contributed by atoms with Crippen molar-refractivity contribution in [3.8, 4) is 5.75 Å². The first-order chi connectivity index (χ1) is 10.9. The molecule has 0 aliphatic heterocycles. The maximum absolute atomic E-state index is 11.7. The number of rotatable bonds is 5. The topological polar surface area (TPSA) is 134 Å². The number of carbonyl (C=O) groups is 1. The van der Waals surface area contributed by atoms with E-state index in [9.17, 15) is 9.36 Å². The van der Waals surface area contributed by atoms with Gasteiger partial charge in [0.25, 0.3) is 5.97 Å². The van der Waals surface area contributed by atoms with Crippen LogP contribution in [-0.2, 0) is 58.0 Å². The molecule has 0 aromatic heterocycles. The van der Waals surface area contributed by atoms with Crippen LogP contribution >= 0.6 is 7.82 Å². The molecule has 0 saturated heterocycles. The molecule has 0 aliphatic rings. The van der Waals surface area contributed by atoms with Crippen LogP contribution in [0.25, 0.3) is 5.73 Å². The van der Waals surface area contributed by atoms with Crippen molar-refractivity contribution in [2.24, 2.45) is 0 Å². The Bertz CT molecular complexity index is 581. The van der Waals surface area contributed by atoms with Crippen LogP contribution in [0.4, 0.5) is 0 Å². The summed E-state index contributed by atoms with van der Waals surface area (Å²) in [5.41, 5.74) is 7.79. The fourth-order valence-corrected chi connectivity index (χ4v) is 1.91. The van der Waals surface area contributed by atoms with Gasteiger partial charge in [0.2, 0.25) is 0 Å². The second-order valence-corrected chi connectivity index (χ2v) is 6.88. The van der Waals surface area contributed by atoms with Crippen molar-refractivity contribution in [3.63, 3.8) is 0 Å². The summed E-state index contributed by atoms with van der Waals surface area (Å²) in [4.78, 5) is 37.7. The number of nitrogens with one attached hydrogen (secondary N) is 1. The summed E-state index contributed by atoms with van der Waals surface area (Å²) in [7, 11) is -4.58. The van der Waals surface area contributed by atoms with E-state index in [1.165, 1.54) is 37.5 Å². The Hall–Kier alpha value is -0.626. The SMILES string of the molecule is CC(C)(C)OC(=O)C([NH-])Cc1ccc(OP(=O)(O)O)cc1.C[C-]=O.[Y]. The minimum atomic E-state index is -4.58. The Labute approximate surface area is 172 Å². The van der Waals surface area contributed by atoms with Gasteiger partial charge >= 0.3 is 7.82 Å². The Morgan fingerprint density at radius 3 is 2.08 bits per heavy atom. The average Bonchev–Trinajstić information content (AvgIpc) is 2.38. The standard InChI is InChI=1S/C13H19NO6P.C2H3O.Y/c1-13(2,3)19-12(15)11(14)8-9-4-6-10(7-5-9)20-21(16,17)18;1-2-3;/h4-7,11,14H,8H2,1-3H3,(H2,16,17,18);1H3;/q2*-1;. The van der Waals surface area contributed by atoms with E-state index in [2.05, 4.69) is 4.52 Å². The van der Waals surface area contributed by atoms with E-state index < -0.39 is 25.4 Å². The zero-order valence-electron chi connectivity index (χ0n) is 14.6. The first-order valence-corrected chi connectivity index (χ1v) is 8.48. The summed E-state index contributed by atoms with van der Waals surface area (Å²) in [6.07, 6.45) is 1.64. The van der Waals surface area contributed by atoms with Crippen molar-refractivity contribution in [2.75, 3.05) is 0 Å². The molecule has 1 rings (SSSR count). The zero-order valence-corrected chi connectivity index (χ0v) is 18.3. The van der Waals surface area contributed by atoms with Crippen LogP contribution in [0.5, 0.6) is 5.75 Å². The third-order valence-electron chi connectivity index (χ3n) is 2.28. The molecule has 0 heterocycles. The number of carbonyl (C=O) groups excluding carboxylic acids is 2. The van der Waals surface area contributed by atoms with Crippen LogP contribution in [0.15, 0.2) is 24.3 Å². The number of hydrogen-bond acceptors (Lipinski definition) is 5. The van der Waals surface area contributed by atoms with Crippen molar-refractivity contribution >= 4 is 20.1 Å². The quantitative estimate of drug-likeness (QED) is 0.402. The van der Waals surface area contributed by atoms with Gasteiger partial charge in [-0.25, -0.2) is 4.57 Å². The van der Waals surface area contributed by atoms with Gasteiger partial charge in [-0.3, -0.25) is 20.9 Å². The summed E-state index contributed by atoms with van der Waals surface area (Å²) in [6, 6.07) is 4.76. The molecule has 0 bridgehead atoms. The molecule has 0 amide bonds. The predicted octanol–water partition coefficient (Wildman–Crippen LogP) is 2.58. The summed E-state index contributed by atoms with van der Waals surface area (Å²) < 4.78 is 20.2. The van der Waals surface area contributed by atoms with Gasteiger partial charge in [0.15, 0.2) is 0 Å². The van der Waals surface area contributed by atoms with Gasteiger partial charge in [-0.2, -0.15) is 6.92 Å². The number of esters is 1. The molecule has 8 nitrogen and oxygen atoms in total. The second-order valence-electron chi connectivity index (χ2n) is 5.72. The minimum Gasteiger partial charge on any atom is -0.665 e. The molecule has 139 valence electrons. The number of ether oxygens (including phenoxy) is 1. The second kappa shape index (κ2) is 11.9. The summed E-state index contributed by atoms with van der Waals surface area (Å²) in [5.74, 6) is -0.594. The number of phosphoric ester groups is 1. The van der Waals surface area contributed by atoms with Crippen LogP contribution in [0, 0.1) is 0 Å². The van der Waals surface area contributed by atoms with E-state index in [0.717, 1.165) is 0 Å². The zero-order chi connectivity index (χ0) is 19.0. The van der Waals surface area contributed by atoms with Gasteiger partial charge in [0, 0.05) is 32.7 Å². The van der Waals surface area contributed by atoms with Gasteiger partial charge < -0.3 is 19.8 Å². The Kier molecular flexibility index (Phi) is 12.6. The van der Waals surface area contributed by atoms with Crippen LogP contribution in [0.3, 0.4) is 0 Å². The van der Waals surface area contributed by atoms with Crippen molar-refractivity contribution in [3.05, 3.63) is 35.6 Å². The maximum atomic E-state index is 11.7. The van der Waals surface area contributed by atoms with E-state index in [-0.39, 0.29) is 44.9 Å². The Morgan fingerprint density at radius 1 is 1.28 bits per heavy atom. The van der Waals surface area contributed by atoms with Crippen LogP contribution < -0.4 is 4.52 Å². The molecule has 0 saturated carbocycles. The van der Waals surface area contributed by atoms with Crippen LogP contribution in [-0.4, -0.2) is 33.7 Å². The first-order valence-electron chi connectivity index (χ1n) is 6.95. The van der Waals surface area contributed by atoms with Crippen LogP contribution in [0.1, 0.15) is 33.3 Å². The summed E-state index contributed by atoms with van der Waals surface area (Å²) in [6.45, 7) is 6.50. The van der Waals surface area contributed by atoms with Gasteiger partial charge in [-0.05, 0) is 50.9 Å². The first kappa shape index (κ1) is 26.6. The molecule has 1 radical (unpaired) electrons. The van der Waals surface area contributed by atoms with Crippen LogP contribution in [0.2, 0.25) is 0 Å². The molecule has 10 heteroatoms. The minimum absolute atomic E-state index is 0. The van der Waals surface area contributed by atoms with E-state index in [4.69, 9.17) is 25.1 Å². The third-order valence-corrected chi connectivity index (χ3v) is 2.73. The normalized spacial score (nSPS) is 12.0. The summed E-state index contributed by atoms with van der Waals surface area (Å²) >= 11 is 0. The molecule has 1 atom stereocenters. The van der Waals surface area contributed by atoms with Crippen molar-refractivity contribution in [1.82, 2.24) is 0 Å². The molecule has 1 unspecified atom stereocenters. The molecule has 3 N–H and O–H groups in total. The maximum Gasteiger partial charge on any atom is 0.524 e. The average molecular weight is 448 g/mol. The molecule has 1 aromatic rings. The van der Waals surface area contributed by atoms with Gasteiger partial charge in [-0.1, -0.05) is 12.1 Å². The molecular formula is C15H22NO7PY-2. The fourth-order valence-electron chi connectivity index (χ4n) is 1.52. The number of hydrogen-bond donors (Lipinski definition) is 2. The molecule has 0 aliphatic carbocycles. The molecule has 0 spiro atoms. The molecule has 0 fully saturated rings. The van der Waals surface area contributed by atoms with Gasteiger partial charge in [-0.15, -0.1) is 0 Å². The summed E-state index contributed by atoms with van der Waals surface area (Å²) in [5, 5.41) is 0. The monoisotopic (exact) mass is 448 g/mol. The van der Waals surface area contributed by atoms with E-state index in [1.807, 2.05) is 0 Å². The van der Waals surface area contributed by atoms with Crippen molar-refractivity contribution in [2.45, 2.75) is 45.8 Å². The smallest absolute Gasteiger partial charge is 0.524 e. The molecule has 1 aromatic carbocycles. The Morgan fingerprint density at radius 2 is 1.72 bits per heavy atom. The van der Waals surface area contributed by atoms with Gasteiger partial charge in [0.05, 0.1) is 0 Å². The molecular weight excluding hydrogens is 426 g/mol. The largest absolute Gasteiger partial charge is 0.665 e. The van der Waals surface area contributed by atoms with Crippen molar-refractivity contribution < 1.29 is 65.9 Å². The Balaban J connectivity index is 0.